The van der Waals surface area contributed by atoms with Gasteiger partial charge in [0.2, 0.25) is 5.88 Å². The summed E-state index contributed by atoms with van der Waals surface area (Å²) in [6.07, 6.45) is 1.17. The van der Waals surface area contributed by atoms with Crippen LogP contribution >= 0.6 is 0 Å². The number of nitrogens with zero attached hydrogens (tertiary/aromatic N) is 2. The third kappa shape index (κ3) is 2.05. The second-order valence-corrected chi connectivity index (χ2v) is 5.10. The van der Waals surface area contributed by atoms with Crippen molar-refractivity contribution >= 4 is 11.5 Å². The normalized spacial score (nSPS) is 18.8. The number of methoxy groups -OCH3 is 1. The van der Waals surface area contributed by atoms with Gasteiger partial charge in [0.05, 0.1) is 12.8 Å². The van der Waals surface area contributed by atoms with Gasteiger partial charge in [-0.25, -0.2) is 0 Å². The average molecular weight is 221 g/mol. The van der Waals surface area contributed by atoms with Gasteiger partial charge in [-0.2, -0.15) is 4.98 Å². The molecule has 0 unspecified atom stereocenters. The van der Waals surface area contributed by atoms with E-state index < -0.39 is 0 Å². The molecule has 0 saturated carbocycles. The Kier molecular flexibility index (Phi) is 2.66. The summed E-state index contributed by atoms with van der Waals surface area (Å²) in [5.74, 6) is 1.47. The first-order chi connectivity index (χ1) is 7.52. The zero-order chi connectivity index (χ0) is 11.8. The Bertz CT molecular complexity index is 390. The first-order valence-corrected chi connectivity index (χ1v) is 5.57. The number of ether oxygens (including phenoxy) is 1. The summed E-state index contributed by atoms with van der Waals surface area (Å²) in [5.41, 5.74) is 7.02. The number of pyridine rings is 1. The number of rotatable bonds is 2. The Morgan fingerprint density at radius 1 is 1.44 bits per heavy atom. The lowest BCUT2D eigenvalue weighted by Crippen LogP contribution is -2.24. The molecule has 0 amide bonds. The van der Waals surface area contributed by atoms with Crippen LogP contribution < -0.4 is 15.4 Å². The van der Waals surface area contributed by atoms with Crippen molar-refractivity contribution in [2.75, 3.05) is 30.8 Å². The quantitative estimate of drug-likeness (QED) is 0.828. The van der Waals surface area contributed by atoms with Crippen molar-refractivity contribution in [2.24, 2.45) is 5.41 Å². The van der Waals surface area contributed by atoms with Gasteiger partial charge in [0.1, 0.15) is 0 Å². The van der Waals surface area contributed by atoms with E-state index in [2.05, 4.69) is 23.7 Å². The van der Waals surface area contributed by atoms with E-state index in [0.29, 0.717) is 11.3 Å². The predicted octanol–water partition coefficient (Wildman–Crippen LogP) is 1.91. The number of hydrogen-bond acceptors (Lipinski definition) is 4. The smallest absolute Gasteiger partial charge is 0.215 e. The van der Waals surface area contributed by atoms with Crippen LogP contribution in [0.5, 0.6) is 5.88 Å². The molecule has 1 aliphatic heterocycles. The van der Waals surface area contributed by atoms with Crippen LogP contribution in [0.3, 0.4) is 0 Å². The molecule has 0 atom stereocenters. The van der Waals surface area contributed by atoms with Crippen molar-refractivity contribution < 1.29 is 4.74 Å². The lowest BCUT2D eigenvalue weighted by Gasteiger charge is -2.22. The molecular formula is C12H19N3O. The standard InChI is InChI=1S/C12H19N3O/c1-12(2)6-7-15(8-12)11-9(13)4-5-10(14-11)16-3/h4-5H,6-8,13H2,1-3H3. The van der Waals surface area contributed by atoms with E-state index in [-0.39, 0.29) is 0 Å². The second-order valence-electron chi connectivity index (χ2n) is 5.10. The first-order valence-electron chi connectivity index (χ1n) is 5.57. The molecule has 1 fully saturated rings. The lowest BCUT2D eigenvalue weighted by molar-refractivity contribution is 0.397. The van der Waals surface area contributed by atoms with E-state index in [1.807, 2.05) is 6.07 Å². The third-order valence-corrected chi connectivity index (χ3v) is 3.07. The van der Waals surface area contributed by atoms with Crippen molar-refractivity contribution in [3.05, 3.63) is 12.1 Å². The molecular weight excluding hydrogens is 202 g/mol. The highest BCUT2D eigenvalue weighted by atomic mass is 16.5. The summed E-state index contributed by atoms with van der Waals surface area (Å²) >= 11 is 0. The summed E-state index contributed by atoms with van der Waals surface area (Å²) in [6, 6.07) is 3.65. The number of nitrogen functional groups attached to an aromatic ring is 1. The minimum atomic E-state index is 0.344. The molecule has 4 heteroatoms. The third-order valence-electron chi connectivity index (χ3n) is 3.07. The largest absolute Gasteiger partial charge is 0.481 e. The van der Waals surface area contributed by atoms with Gasteiger partial charge >= 0.3 is 0 Å². The SMILES string of the molecule is COc1ccc(N)c(N2CCC(C)(C)C2)n1. The molecule has 0 spiro atoms. The topological polar surface area (TPSA) is 51.4 Å². The second kappa shape index (κ2) is 3.85. The van der Waals surface area contributed by atoms with Gasteiger partial charge in [0, 0.05) is 19.2 Å². The molecule has 1 aliphatic rings. The number of nitrogens with two attached hydrogens (primary N) is 1. The Morgan fingerprint density at radius 3 is 2.75 bits per heavy atom. The van der Waals surface area contributed by atoms with Crippen LogP contribution in [0.1, 0.15) is 20.3 Å². The van der Waals surface area contributed by atoms with Crippen molar-refractivity contribution in [3.8, 4) is 5.88 Å². The maximum atomic E-state index is 5.95. The van der Waals surface area contributed by atoms with Crippen LogP contribution in [0.4, 0.5) is 11.5 Å². The highest BCUT2D eigenvalue weighted by Gasteiger charge is 2.30. The van der Waals surface area contributed by atoms with E-state index >= 15 is 0 Å². The first kappa shape index (κ1) is 11.0. The summed E-state index contributed by atoms with van der Waals surface area (Å²) < 4.78 is 5.13. The highest BCUT2D eigenvalue weighted by molar-refractivity contribution is 5.64. The van der Waals surface area contributed by atoms with Gasteiger partial charge in [-0.1, -0.05) is 13.8 Å². The molecule has 1 aromatic heterocycles. The average Bonchev–Trinajstić information content (AvgIpc) is 2.59. The molecule has 0 bridgehead atoms. The molecule has 0 radical (unpaired) electrons. The van der Waals surface area contributed by atoms with Gasteiger partial charge in [0.25, 0.3) is 0 Å². The van der Waals surface area contributed by atoms with Gasteiger partial charge in [-0.15, -0.1) is 0 Å². The van der Waals surface area contributed by atoms with Crippen LogP contribution in [0.2, 0.25) is 0 Å². The fourth-order valence-corrected chi connectivity index (χ4v) is 2.10. The van der Waals surface area contributed by atoms with E-state index in [1.54, 1.807) is 13.2 Å². The Labute approximate surface area is 96.4 Å². The molecule has 1 aromatic rings. The number of hydrogen-bond donors (Lipinski definition) is 1. The summed E-state index contributed by atoms with van der Waals surface area (Å²) in [6.45, 7) is 6.54. The maximum Gasteiger partial charge on any atom is 0.215 e. The minimum Gasteiger partial charge on any atom is -0.481 e. The van der Waals surface area contributed by atoms with Crippen molar-refractivity contribution in [1.29, 1.82) is 0 Å². The fraction of sp³-hybridized carbons (Fsp3) is 0.583. The van der Waals surface area contributed by atoms with Gasteiger partial charge in [-0.05, 0) is 17.9 Å². The maximum absolute atomic E-state index is 5.95. The van der Waals surface area contributed by atoms with Crippen molar-refractivity contribution in [1.82, 2.24) is 4.98 Å². The van der Waals surface area contributed by atoms with E-state index in [1.165, 1.54) is 6.42 Å². The Morgan fingerprint density at radius 2 is 2.19 bits per heavy atom. The van der Waals surface area contributed by atoms with E-state index in [0.717, 1.165) is 24.6 Å². The van der Waals surface area contributed by atoms with Crippen LogP contribution in [0, 0.1) is 5.41 Å². The molecule has 16 heavy (non-hydrogen) atoms. The summed E-state index contributed by atoms with van der Waals surface area (Å²) in [4.78, 5) is 6.65. The fourth-order valence-electron chi connectivity index (χ4n) is 2.10. The molecule has 0 aromatic carbocycles. The van der Waals surface area contributed by atoms with Crippen LogP contribution in [-0.2, 0) is 0 Å². The molecule has 4 nitrogen and oxygen atoms in total. The Hall–Kier alpha value is -1.45. The number of aromatic nitrogens is 1. The van der Waals surface area contributed by atoms with Crippen molar-refractivity contribution in [3.63, 3.8) is 0 Å². The molecule has 0 aliphatic carbocycles. The summed E-state index contributed by atoms with van der Waals surface area (Å²) in [5, 5.41) is 0. The molecule has 88 valence electrons. The minimum absolute atomic E-state index is 0.344. The van der Waals surface area contributed by atoms with Gasteiger partial charge < -0.3 is 15.4 Å². The van der Waals surface area contributed by atoms with Crippen LogP contribution in [0.15, 0.2) is 12.1 Å². The molecule has 1 saturated heterocycles. The van der Waals surface area contributed by atoms with E-state index in [4.69, 9.17) is 10.5 Å². The van der Waals surface area contributed by atoms with Gasteiger partial charge in [0.15, 0.2) is 5.82 Å². The zero-order valence-corrected chi connectivity index (χ0v) is 10.2. The molecule has 2 rings (SSSR count). The van der Waals surface area contributed by atoms with Crippen LogP contribution in [-0.4, -0.2) is 25.2 Å². The van der Waals surface area contributed by atoms with Crippen molar-refractivity contribution in [2.45, 2.75) is 20.3 Å². The monoisotopic (exact) mass is 221 g/mol. The zero-order valence-electron chi connectivity index (χ0n) is 10.2. The van der Waals surface area contributed by atoms with Gasteiger partial charge in [-0.3, -0.25) is 0 Å². The molecule has 2 N–H and O–H groups in total. The molecule has 2 heterocycles. The Balaban J connectivity index is 2.27. The van der Waals surface area contributed by atoms with Crippen LogP contribution in [0.25, 0.3) is 0 Å². The summed E-state index contributed by atoms with van der Waals surface area (Å²) in [7, 11) is 1.62. The highest BCUT2D eigenvalue weighted by Crippen LogP contribution is 2.34. The van der Waals surface area contributed by atoms with E-state index in [9.17, 15) is 0 Å². The predicted molar refractivity (Wildman–Crippen MR) is 65.8 cm³/mol. The lowest BCUT2D eigenvalue weighted by atomic mass is 9.93. The number of anilines is 2.